The van der Waals surface area contributed by atoms with Crippen LogP contribution in [-0.2, 0) is 4.79 Å². The first-order valence-electron chi connectivity index (χ1n) is 4.83. The maximum absolute atomic E-state index is 12.9. The molecular formula is C11H14F2N2O. The second-order valence-electron chi connectivity index (χ2n) is 4.17. The van der Waals surface area contributed by atoms with E-state index in [0.717, 1.165) is 12.1 Å². The van der Waals surface area contributed by atoms with E-state index in [9.17, 15) is 13.6 Å². The van der Waals surface area contributed by atoms with Crippen molar-refractivity contribution in [2.24, 2.45) is 11.1 Å². The molecule has 0 aliphatic heterocycles. The Balaban J connectivity index is 2.82. The minimum atomic E-state index is -0.997. The highest BCUT2D eigenvalue weighted by molar-refractivity contribution is 5.94. The van der Waals surface area contributed by atoms with Crippen molar-refractivity contribution < 1.29 is 13.6 Å². The lowest BCUT2D eigenvalue weighted by atomic mass is 9.92. The monoisotopic (exact) mass is 228 g/mol. The first-order chi connectivity index (χ1) is 7.36. The number of halogens is 2. The minimum absolute atomic E-state index is 0.169. The fraction of sp³-hybridized carbons (Fsp3) is 0.364. The van der Waals surface area contributed by atoms with Crippen molar-refractivity contribution in [2.45, 2.75) is 13.8 Å². The molecule has 0 unspecified atom stereocenters. The number of carbonyl (C=O) groups is 1. The van der Waals surface area contributed by atoms with E-state index < -0.39 is 17.0 Å². The van der Waals surface area contributed by atoms with Crippen LogP contribution < -0.4 is 11.1 Å². The maximum atomic E-state index is 12.9. The molecule has 0 aromatic heterocycles. The van der Waals surface area contributed by atoms with Gasteiger partial charge in [0.25, 0.3) is 0 Å². The summed E-state index contributed by atoms with van der Waals surface area (Å²) in [6, 6.07) is 3.18. The molecule has 0 aliphatic carbocycles. The highest BCUT2D eigenvalue weighted by Crippen LogP contribution is 2.18. The summed E-state index contributed by atoms with van der Waals surface area (Å²) in [7, 11) is 0. The van der Waals surface area contributed by atoms with E-state index in [4.69, 9.17) is 5.73 Å². The Morgan fingerprint density at radius 3 is 2.50 bits per heavy atom. The third kappa shape index (κ3) is 2.76. The van der Waals surface area contributed by atoms with Gasteiger partial charge in [-0.2, -0.15) is 0 Å². The number of rotatable bonds is 3. The second-order valence-corrected chi connectivity index (χ2v) is 4.17. The zero-order valence-electron chi connectivity index (χ0n) is 9.18. The molecule has 0 radical (unpaired) electrons. The molecule has 1 aromatic carbocycles. The van der Waals surface area contributed by atoms with Gasteiger partial charge in [0.05, 0.1) is 5.41 Å². The predicted molar refractivity (Wildman–Crippen MR) is 57.8 cm³/mol. The van der Waals surface area contributed by atoms with E-state index in [0.29, 0.717) is 0 Å². The molecule has 1 rings (SSSR count). The van der Waals surface area contributed by atoms with Gasteiger partial charge in [-0.3, -0.25) is 4.79 Å². The molecule has 88 valence electrons. The standard InChI is InChI=1S/C11H14F2N2O/c1-11(2,6-14)10(16)15-7-3-4-8(12)9(13)5-7/h3-5H,6,14H2,1-2H3,(H,15,16). The topological polar surface area (TPSA) is 55.1 Å². The summed E-state index contributed by atoms with van der Waals surface area (Å²) in [6.07, 6.45) is 0. The normalized spacial score (nSPS) is 11.3. The number of hydrogen-bond acceptors (Lipinski definition) is 2. The third-order valence-corrected chi connectivity index (χ3v) is 2.30. The van der Waals surface area contributed by atoms with Crippen LogP contribution in [0, 0.1) is 17.0 Å². The van der Waals surface area contributed by atoms with Gasteiger partial charge in [0.15, 0.2) is 11.6 Å². The van der Waals surface area contributed by atoms with E-state index >= 15 is 0 Å². The summed E-state index contributed by atoms with van der Waals surface area (Å²) in [4.78, 5) is 11.7. The summed E-state index contributed by atoms with van der Waals surface area (Å²) < 4.78 is 25.5. The molecule has 16 heavy (non-hydrogen) atoms. The molecule has 0 saturated carbocycles. The summed E-state index contributed by atoms with van der Waals surface area (Å²) >= 11 is 0. The van der Waals surface area contributed by atoms with Crippen LogP contribution in [0.5, 0.6) is 0 Å². The van der Waals surface area contributed by atoms with Crippen LogP contribution in [0.2, 0.25) is 0 Å². The molecule has 5 heteroatoms. The Hall–Kier alpha value is -1.49. The van der Waals surface area contributed by atoms with E-state index in [1.807, 2.05) is 0 Å². The van der Waals surface area contributed by atoms with Gasteiger partial charge in [0, 0.05) is 18.3 Å². The highest BCUT2D eigenvalue weighted by Gasteiger charge is 2.25. The van der Waals surface area contributed by atoms with Crippen molar-refractivity contribution in [2.75, 3.05) is 11.9 Å². The van der Waals surface area contributed by atoms with E-state index in [1.54, 1.807) is 13.8 Å². The summed E-state index contributed by atoms with van der Waals surface area (Å²) in [5, 5.41) is 2.48. The number of nitrogens with two attached hydrogens (primary N) is 1. The fourth-order valence-electron chi connectivity index (χ4n) is 0.967. The van der Waals surface area contributed by atoms with Crippen LogP contribution in [0.3, 0.4) is 0 Å². The van der Waals surface area contributed by atoms with Crippen LogP contribution in [0.25, 0.3) is 0 Å². The Bertz CT molecular complexity index is 405. The third-order valence-electron chi connectivity index (χ3n) is 2.30. The van der Waals surface area contributed by atoms with Gasteiger partial charge in [-0.25, -0.2) is 8.78 Å². The Labute approximate surface area is 92.6 Å². The Kier molecular flexibility index (Phi) is 3.59. The number of carbonyl (C=O) groups excluding carboxylic acids is 1. The first kappa shape index (κ1) is 12.6. The lowest BCUT2D eigenvalue weighted by Crippen LogP contribution is -2.37. The fourth-order valence-corrected chi connectivity index (χ4v) is 0.967. The largest absolute Gasteiger partial charge is 0.329 e. The zero-order chi connectivity index (χ0) is 12.3. The maximum Gasteiger partial charge on any atom is 0.231 e. The molecular weight excluding hydrogens is 214 g/mol. The highest BCUT2D eigenvalue weighted by atomic mass is 19.2. The molecule has 0 aliphatic rings. The van der Waals surface area contributed by atoms with Crippen molar-refractivity contribution in [1.29, 1.82) is 0 Å². The molecule has 1 aromatic rings. The van der Waals surface area contributed by atoms with Crippen LogP contribution in [0.15, 0.2) is 18.2 Å². The van der Waals surface area contributed by atoms with Gasteiger partial charge in [-0.05, 0) is 26.0 Å². The van der Waals surface area contributed by atoms with Gasteiger partial charge >= 0.3 is 0 Å². The van der Waals surface area contributed by atoms with Gasteiger partial charge in [0.1, 0.15) is 0 Å². The number of amides is 1. The van der Waals surface area contributed by atoms with Crippen molar-refractivity contribution in [1.82, 2.24) is 0 Å². The van der Waals surface area contributed by atoms with Crippen LogP contribution in [0.1, 0.15) is 13.8 Å². The van der Waals surface area contributed by atoms with Gasteiger partial charge in [-0.15, -0.1) is 0 Å². The SMILES string of the molecule is CC(C)(CN)C(=O)Nc1ccc(F)c(F)c1. The lowest BCUT2D eigenvalue weighted by Gasteiger charge is -2.21. The van der Waals surface area contributed by atoms with Crippen molar-refractivity contribution in [3.63, 3.8) is 0 Å². The number of benzene rings is 1. The smallest absolute Gasteiger partial charge is 0.231 e. The van der Waals surface area contributed by atoms with E-state index in [-0.39, 0.29) is 18.1 Å². The van der Waals surface area contributed by atoms with Crippen molar-refractivity contribution >= 4 is 11.6 Å². The average molecular weight is 228 g/mol. The molecule has 0 saturated heterocycles. The van der Waals surface area contributed by atoms with Crippen molar-refractivity contribution in [3.05, 3.63) is 29.8 Å². The molecule has 0 spiro atoms. The molecule has 0 bridgehead atoms. The van der Waals surface area contributed by atoms with Gasteiger partial charge in [-0.1, -0.05) is 0 Å². The number of nitrogens with one attached hydrogen (secondary N) is 1. The Morgan fingerprint density at radius 2 is 2.00 bits per heavy atom. The van der Waals surface area contributed by atoms with E-state index in [1.165, 1.54) is 6.07 Å². The average Bonchev–Trinajstić information content (AvgIpc) is 2.23. The summed E-state index contributed by atoms with van der Waals surface area (Å²) in [5.41, 5.74) is 4.89. The molecule has 0 atom stereocenters. The second kappa shape index (κ2) is 4.57. The van der Waals surface area contributed by atoms with Crippen LogP contribution >= 0.6 is 0 Å². The lowest BCUT2D eigenvalue weighted by molar-refractivity contribution is -0.123. The van der Waals surface area contributed by atoms with Crippen LogP contribution in [0.4, 0.5) is 14.5 Å². The molecule has 3 nitrogen and oxygen atoms in total. The molecule has 0 fully saturated rings. The molecule has 1 amide bonds. The first-order valence-corrected chi connectivity index (χ1v) is 4.83. The number of anilines is 1. The van der Waals surface area contributed by atoms with Gasteiger partial charge in [0.2, 0.25) is 5.91 Å². The summed E-state index contributed by atoms with van der Waals surface area (Å²) in [5.74, 6) is -2.28. The molecule has 0 heterocycles. The predicted octanol–water partition coefficient (Wildman–Crippen LogP) is 1.89. The minimum Gasteiger partial charge on any atom is -0.329 e. The van der Waals surface area contributed by atoms with Crippen LogP contribution in [-0.4, -0.2) is 12.5 Å². The Morgan fingerprint density at radius 1 is 1.38 bits per heavy atom. The van der Waals surface area contributed by atoms with E-state index in [2.05, 4.69) is 5.32 Å². The summed E-state index contributed by atoms with van der Waals surface area (Å²) in [6.45, 7) is 3.51. The van der Waals surface area contributed by atoms with Crippen molar-refractivity contribution in [3.8, 4) is 0 Å². The zero-order valence-corrected chi connectivity index (χ0v) is 9.18. The molecule has 3 N–H and O–H groups in total. The van der Waals surface area contributed by atoms with Gasteiger partial charge < -0.3 is 11.1 Å². The number of hydrogen-bond donors (Lipinski definition) is 2. The quantitative estimate of drug-likeness (QED) is 0.830.